The molecular formula is C20H20O5. The highest BCUT2D eigenvalue weighted by Crippen LogP contribution is 2.38. The normalized spacial score (nSPS) is 11.0. The molecule has 0 aliphatic carbocycles. The molecule has 0 fully saturated rings. The number of ether oxygens (including phenoxy) is 3. The fourth-order valence-electron chi connectivity index (χ4n) is 2.41. The molecule has 0 radical (unpaired) electrons. The first-order valence-corrected chi connectivity index (χ1v) is 7.62. The summed E-state index contributed by atoms with van der Waals surface area (Å²) in [4.78, 5) is 23.3. The molecule has 0 aliphatic rings. The minimum Gasteiger partial charge on any atom is -0.493 e. The number of carbonyl (C=O) groups is 2. The summed E-state index contributed by atoms with van der Waals surface area (Å²) in [6.07, 6.45) is 2.32. The van der Waals surface area contributed by atoms with E-state index in [1.165, 1.54) is 27.4 Å². The molecule has 5 heteroatoms. The Morgan fingerprint density at radius 3 is 1.88 bits per heavy atom. The first kappa shape index (κ1) is 18.3. The van der Waals surface area contributed by atoms with Crippen molar-refractivity contribution in [3.8, 4) is 17.2 Å². The van der Waals surface area contributed by atoms with Gasteiger partial charge in [0.15, 0.2) is 17.3 Å². The van der Waals surface area contributed by atoms with Crippen LogP contribution in [-0.2, 0) is 0 Å². The lowest BCUT2D eigenvalue weighted by Gasteiger charge is -2.13. The van der Waals surface area contributed by atoms with E-state index in [0.717, 1.165) is 17.4 Å². The van der Waals surface area contributed by atoms with Crippen molar-refractivity contribution in [2.45, 2.75) is 6.92 Å². The van der Waals surface area contributed by atoms with Crippen LogP contribution in [0, 0.1) is 0 Å². The van der Waals surface area contributed by atoms with Gasteiger partial charge in [0.1, 0.15) is 6.29 Å². The summed E-state index contributed by atoms with van der Waals surface area (Å²) in [7, 11) is 4.51. The Hall–Kier alpha value is -3.08. The Labute approximate surface area is 146 Å². The van der Waals surface area contributed by atoms with Crippen molar-refractivity contribution in [3.05, 3.63) is 59.2 Å². The lowest BCUT2D eigenvalue weighted by molar-refractivity contribution is 0.104. The molecule has 0 aliphatic heterocycles. The third kappa shape index (κ3) is 4.07. The Bertz CT molecular complexity index is 778. The van der Waals surface area contributed by atoms with Crippen LogP contribution in [0.4, 0.5) is 0 Å². The third-order valence-electron chi connectivity index (χ3n) is 3.80. The summed E-state index contributed by atoms with van der Waals surface area (Å²) in [5.41, 5.74) is 2.67. The highest BCUT2D eigenvalue weighted by atomic mass is 16.5. The molecule has 2 rings (SSSR count). The van der Waals surface area contributed by atoms with Gasteiger partial charge < -0.3 is 14.2 Å². The molecule has 0 saturated heterocycles. The van der Waals surface area contributed by atoms with Gasteiger partial charge in [-0.3, -0.25) is 9.59 Å². The number of methoxy groups -OCH3 is 3. The van der Waals surface area contributed by atoms with E-state index in [0.29, 0.717) is 28.4 Å². The largest absolute Gasteiger partial charge is 0.493 e. The van der Waals surface area contributed by atoms with Crippen molar-refractivity contribution in [1.29, 1.82) is 0 Å². The van der Waals surface area contributed by atoms with Crippen LogP contribution in [0.5, 0.6) is 17.2 Å². The Morgan fingerprint density at radius 1 is 0.880 bits per heavy atom. The van der Waals surface area contributed by atoms with Gasteiger partial charge in [0.05, 0.1) is 21.3 Å². The molecule has 0 unspecified atom stereocenters. The number of hydrogen-bond acceptors (Lipinski definition) is 5. The van der Waals surface area contributed by atoms with Crippen molar-refractivity contribution < 1.29 is 23.8 Å². The number of rotatable bonds is 7. The van der Waals surface area contributed by atoms with E-state index in [-0.39, 0.29) is 5.78 Å². The second kappa shape index (κ2) is 8.15. The summed E-state index contributed by atoms with van der Waals surface area (Å²) in [6, 6.07) is 10.3. The topological polar surface area (TPSA) is 61.8 Å². The zero-order chi connectivity index (χ0) is 18.4. The quantitative estimate of drug-likeness (QED) is 0.436. The van der Waals surface area contributed by atoms with E-state index in [4.69, 9.17) is 14.2 Å². The Balaban J connectivity index is 2.37. The maximum absolute atomic E-state index is 12.6. The molecule has 2 aromatic rings. The Morgan fingerprint density at radius 2 is 1.44 bits per heavy atom. The predicted octanol–water partition coefficient (Wildman–Crippen LogP) is 3.81. The van der Waals surface area contributed by atoms with Crippen LogP contribution in [0.1, 0.15) is 33.2 Å². The van der Waals surface area contributed by atoms with Crippen LogP contribution < -0.4 is 14.2 Å². The molecule has 0 aromatic heterocycles. The zero-order valence-electron chi connectivity index (χ0n) is 14.7. The molecule has 0 amide bonds. The van der Waals surface area contributed by atoms with Gasteiger partial charge in [0, 0.05) is 11.1 Å². The smallest absolute Gasteiger partial charge is 0.203 e. The summed E-state index contributed by atoms with van der Waals surface area (Å²) in [6.45, 7) is 1.84. The van der Waals surface area contributed by atoms with E-state index in [1.54, 1.807) is 36.4 Å². The number of aldehydes is 1. The molecule has 2 aromatic carbocycles. The molecule has 130 valence electrons. The maximum Gasteiger partial charge on any atom is 0.203 e. The summed E-state index contributed by atoms with van der Waals surface area (Å²) >= 11 is 0. The van der Waals surface area contributed by atoms with Gasteiger partial charge >= 0.3 is 0 Å². The second-order valence-electron chi connectivity index (χ2n) is 5.35. The number of benzene rings is 2. The standard InChI is InChI=1S/C20H20O5/c1-13(15-7-5-14(12-21)6-8-15)9-17(22)16-10-18(23-2)20(25-4)19(11-16)24-3/h5-12H,1-4H3/b13-9-. The van der Waals surface area contributed by atoms with Crippen molar-refractivity contribution in [3.63, 3.8) is 0 Å². The number of hydrogen-bond donors (Lipinski definition) is 0. The molecule has 5 nitrogen and oxygen atoms in total. The molecule has 0 heterocycles. The molecule has 0 saturated carbocycles. The van der Waals surface area contributed by atoms with E-state index < -0.39 is 0 Å². The first-order chi connectivity index (χ1) is 12.0. The molecule has 0 spiro atoms. The minimum atomic E-state index is -0.184. The second-order valence-corrected chi connectivity index (χ2v) is 5.35. The lowest BCUT2D eigenvalue weighted by Crippen LogP contribution is -2.01. The van der Waals surface area contributed by atoms with Gasteiger partial charge in [0.25, 0.3) is 0 Å². The minimum absolute atomic E-state index is 0.184. The first-order valence-electron chi connectivity index (χ1n) is 7.62. The highest BCUT2D eigenvalue weighted by molar-refractivity contribution is 6.09. The molecule has 0 atom stereocenters. The van der Waals surface area contributed by atoms with Crippen LogP contribution in [0.25, 0.3) is 5.57 Å². The van der Waals surface area contributed by atoms with E-state index >= 15 is 0 Å². The van der Waals surface area contributed by atoms with Crippen LogP contribution in [0.3, 0.4) is 0 Å². The van der Waals surface area contributed by atoms with Gasteiger partial charge in [-0.1, -0.05) is 24.3 Å². The summed E-state index contributed by atoms with van der Waals surface area (Å²) in [5, 5.41) is 0. The monoisotopic (exact) mass is 340 g/mol. The van der Waals surface area contributed by atoms with Gasteiger partial charge in [0.2, 0.25) is 5.75 Å². The average Bonchev–Trinajstić information content (AvgIpc) is 2.66. The van der Waals surface area contributed by atoms with Crippen molar-refractivity contribution in [2.24, 2.45) is 0 Å². The third-order valence-corrected chi connectivity index (χ3v) is 3.80. The molecular weight excluding hydrogens is 320 g/mol. The zero-order valence-corrected chi connectivity index (χ0v) is 14.7. The molecule has 0 N–H and O–H groups in total. The SMILES string of the molecule is COc1cc(C(=O)/C=C(/C)c2ccc(C=O)cc2)cc(OC)c1OC. The predicted molar refractivity (Wildman–Crippen MR) is 95.9 cm³/mol. The summed E-state index contributed by atoms with van der Waals surface area (Å²) < 4.78 is 15.8. The van der Waals surface area contributed by atoms with Gasteiger partial charge in [-0.15, -0.1) is 0 Å². The van der Waals surface area contributed by atoms with Crippen LogP contribution in [0.2, 0.25) is 0 Å². The number of ketones is 1. The van der Waals surface area contributed by atoms with Crippen molar-refractivity contribution in [1.82, 2.24) is 0 Å². The van der Waals surface area contributed by atoms with Crippen LogP contribution >= 0.6 is 0 Å². The van der Waals surface area contributed by atoms with Crippen LogP contribution in [0.15, 0.2) is 42.5 Å². The van der Waals surface area contributed by atoms with E-state index in [9.17, 15) is 9.59 Å². The Kier molecular flexibility index (Phi) is 5.95. The highest BCUT2D eigenvalue weighted by Gasteiger charge is 2.16. The average molecular weight is 340 g/mol. The molecule has 0 bridgehead atoms. The number of carbonyl (C=O) groups excluding carboxylic acids is 2. The fourth-order valence-corrected chi connectivity index (χ4v) is 2.41. The maximum atomic E-state index is 12.6. The van der Waals surface area contributed by atoms with E-state index in [2.05, 4.69) is 0 Å². The van der Waals surface area contributed by atoms with Gasteiger partial charge in [-0.2, -0.15) is 0 Å². The van der Waals surface area contributed by atoms with Crippen LogP contribution in [-0.4, -0.2) is 33.4 Å². The summed E-state index contributed by atoms with van der Waals surface area (Å²) in [5.74, 6) is 1.10. The number of allylic oxidation sites excluding steroid dienone is 2. The molecule has 25 heavy (non-hydrogen) atoms. The lowest BCUT2D eigenvalue weighted by atomic mass is 10.0. The van der Waals surface area contributed by atoms with Crippen molar-refractivity contribution >= 4 is 17.6 Å². The van der Waals surface area contributed by atoms with Gasteiger partial charge in [-0.05, 0) is 36.3 Å². The van der Waals surface area contributed by atoms with E-state index in [1.807, 2.05) is 6.92 Å². The van der Waals surface area contributed by atoms with Crippen molar-refractivity contribution in [2.75, 3.05) is 21.3 Å². The van der Waals surface area contributed by atoms with Gasteiger partial charge in [-0.25, -0.2) is 0 Å². The fraction of sp³-hybridized carbons (Fsp3) is 0.200.